The topological polar surface area (TPSA) is 44.4 Å². The van der Waals surface area contributed by atoms with Crippen molar-refractivity contribution in [1.29, 1.82) is 0 Å². The van der Waals surface area contributed by atoms with Gasteiger partial charge in [0, 0.05) is 31.4 Å². The maximum absolute atomic E-state index is 12.4. The molecule has 0 aliphatic heterocycles. The fourth-order valence-electron chi connectivity index (χ4n) is 5.70. The smallest absolute Gasteiger partial charge is 0.315 e. The molecule has 0 unspecified atom stereocenters. The normalized spacial score (nSPS) is 33.3. The predicted octanol–water partition coefficient (Wildman–Crippen LogP) is 3.39. The molecule has 2 amide bonds. The average Bonchev–Trinajstić information content (AvgIpc) is 2.53. The van der Waals surface area contributed by atoms with E-state index in [-0.39, 0.29) is 11.6 Å². The molecule has 4 aliphatic carbocycles. The Balaban J connectivity index is 1.25. The van der Waals surface area contributed by atoms with E-state index in [1.807, 2.05) is 18.2 Å². The number of para-hydroxylation sites is 1. The molecule has 0 atom stereocenters. The van der Waals surface area contributed by atoms with Gasteiger partial charge in [0.05, 0.1) is 0 Å². The van der Waals surface area contributed by atoms with Gasteiger partial charge in [0.15, 0.2) is 0 Å². The average molecular weight is 327 g/mol. The first kappa shape index (κ1) is 15.8. The van der Waals surface area contributed by atoms with Gasteiger partial charge in [0.2, 0.25) is 0 Å². The zero-order valence-corrected chi connectivity index (χ0v) is 14.6. The Morgan fingerprint density at radius 3 is 2.25 bits per heavy atom. The molecular weight excluding hydrogens is 298 g/mol. The summed E-state index contributed by atoms with van der Waals surface area (Å²) in [5, 5.41) is 6.44. The monoisotopic (exact) mass is 327 g/mol. The minimum atomic E-state index is 0.0263. The maximum Gasteiger partial charge on any atom is 0.315 e. The number of hydrogen-bond acceptors (Lipinski definition) is 2. The van der Waals surface area contributed by atoms with E-state index in [2.05, 4.69) is 34.7 Å². The number of carbonyl (C=O) groups excluding carboxylic acids is 1. The van der Waals surface area contributed by atoms with Gasteiger partial charge in [-0.1, -0.05) is 18.2 Å². The van der Waals surface area contributed by atoms with Gasteiger partial charge in [-0.05, 0) is 68.4 Å². The van der Waals surface area contributed by atoms with E-state index < -0.39 is 0 Å². The van der Waals surface area contributed by atoms with Gasteiger partial charge in [-0.3, -0.25) is 0 Å². The van der Waals surface area contributed by atoms with E-state index in [4.69, 9.17) is 0 Å². The van der Waals surface area contributed by atoms with Gasteiger partial charge in [-0.25, -0.2) is 4.79 Å². The summed E-state index contributed by atoms with van der Waals surface area (Å²) in [7, 11) is 2.06. The van der Waals surface area contributed by atoms with Crippen LogP contribution in [0.5, 0.6) is 0 Å². The highest BCUT2D eigenvalue weighted by atomic mass is 16.2. The van der Waals surface area contributed by atoms with E-state index in [1.54, 1.807) is 0 Å². The van der Waals surface area contributed by atoms with Crippen molar-refractivity contribution in [2.75, 3.05) is 25.0 Å². The molecule has 4 aliphatic rings. The van der Waals surface area contributed by atoms with Gasteiger partial charge < -0.3 is 15.5 Å². The molecule has 4 fully saturated rings. The first-order valence-corrected chi connectivity index (χ1v) is 9.44. The second kappa shape index (κ2) is 6.30. The molecule has 4 bridgehead atoms. The molecule has 1 aromatic rings. The number of hydrogen-bond donors (Lipinski definition) is 2. The third-order valence-electron chi connectivity index (χ3n) is 6.35. The van der Waals surface area contributed by atoms with Crippen molar-refractivity contribution in [3.05, 3.63) is 30.3 Å². The maximum atomic E-state index is 12.4. The van der Waals surface area contributed by atoms with Crippen molar-refractivity contribution >= 4 is 11.7 Å². The fourth-order valence-corrected chi connectivity index (χ4v) is 5.70. The van der Waals surface area contributed by atoms with Gasteiger partial charge in [-0.2, -0.15) is 0 Å². The summed E-state index contributed by atoms with van der Waals surface area (Å²) in [4.78, 5) is 14.6. The van der Waals surface area contributed by atoms with Crippen molar-refractivity contribution in [2.45, 2.75) is 44.1 Å². The van der Waals surface area contributed by atoms with Crippen LogP contribution in [0.4, 0.5) is 10.5 Å². The molecule has 4 saturated carbocycles. The Morgan fingerprint density at radius 1 is 1.08 bits per heavy atom. The van der Waals surface area contributed by atoms with Gasteiger partial charge in [0.25, 0.3) is 0 Å². The Morgan fingerprint density at radius 2 is 1.67 bits per heavy atom. The summed E-state index contributed by atoms with van der Waals surface area (Å²) in [6.07, 6.45) is 7.84. The van der Waals surface area contributed by atoms with Crippen molar-refractivity contribution in [3.63, 3.8) is 0 Å². The molecule has 0 saturated heterocycles. The zero-order valence-electron chi connectivity index (χ0n) is 14.6. The molecule has 5 rings (SSSR count). The van der Waals surface area contributed by atoms with Crippen LogP contribution in [0.2, 0.25) is 0 Å². The molecule has 0 heterocycles. The molecular formula is C20H29N3O. The summed E-state index contributed by atoms with van der Waals surface area (Å²) in [6.45, 7) is 1.49. The van der Waals surface area contributed by atoms with Crippen LogP contribution in [0.3, 0.4) is 0 Å². The minimum absolute atomic E-state index is 0.0263. The second-order valence-corrected chi connectivity index (χ2v) is 8.34. The number of likely N-dealkylation sites (N-methyl/N-ethyl adjacent to an activating group) is 1. The highest BCUT2D eigenvalue weighted by molar-refractivity contribution is 5.75. The molecule has 24 heavy (non-hydrogen) atoms. The number of carbonyl (C=O) groups is 1. The molecule has 0 aromatic heterocycles. The molecule has 0 spiro atoms. The fraction of sp³-hybridized carbons (Fsp3) is 0.650. The summed E-state index contributed by atoms with van der Waals surface area (Å²) in [5.74, 6) is 2.59. The van der Waals surface area contributed by atoms with Crippen LogP contribution in [-0.4, -0.2) is 31.7 Å². The lowest BCUT2D eigenvalue weighted by Crippen LogP contribution is -2.61. The SMILES string of the molecule is CN(CCNC(=O)NC12CC3CC(CC(C3)C1)C2)c1ccccc1. The number of nitrogens with one attached hydrogen (secondary N) is 2. The lowest BCUT2D eigenvalue weighted by atomic mass is 9.53. The highest BCUT2D eigenvalue weighted by Gasteiger charge is 2.51. The standard InChI is InChI=1S/C20H29N3O/c1-23(18-5-3-2-4-6-18)8-7-21-19(24)22-20-12-15-9-16(13-20)11-17(10-15)14-20/h2-6,15-17H,7-14H2,1H3,(H2,21,22,24). The number of nitrogens with zero attached hydrogens (tertiary/aromatic N) is 1. The first-order valence-electron chi connectivity index (χ1n) is 9.44. The van der Waals surface area contributed by atoms with Gasteiger partial charge in [0.1, 0.15) is 0 Å². The number of amides is 2. The van der Waals surface area contributed by atoms with E-state index in [0.29, 0.717) is 6.54 Å². The van der Waals surface area contributed by atoms with Crippen LogP contribution in [0, 0.1) is 17.8 Å². The third kappa shape index (κ3) is 3.24. The Kier molecular flexibility index (Phi) is 4.15. The molecule has 4 heteroatoms. The van der Waals surface area contributed by atoms with Crippen LogP contribution in [0.1, 0.15) is 38.5 Å². The number of benzene rings is 1. The first-order chi connectivity index (χ1) is 11.6. The predicted molar refractivity (Wildman–Crippen MR) is 97.1 cm³/mol. The van der Waals surface area contributed by atoms with E-state index in [9.17, 15) is 4.79 Å². The third-order valence-corrected chi connectivity index (χ3v) is 6.35. The minimum Gasteiger partial charge on any atom is -0.373 e. The highest BCUT2D eigenvalue weighted by Crippen LogP contribution is 2.55. The lowest BCUT2D eigenvalue weighted by molar-refractivity contribution is -0.0135. The Bertz CT molecular complexity index is 551. The van der Waals surface area contributed by atoms with E-state index >= 15 is 0 Å². The molecule has 130 valence electrons. The molecule has 4 nitrogen and oxygen atoms in total. The van der Waals surface area contributed by atoms with Gasteiger partial charge >= 0.3 is 6.03 Å². The number of anilines is 1. The quantitative estimate of drug-likeness (QED) is 0.871. The lowest BCUT2D eigenvalue weighted by Gasteiger charge is -2.56. The van der Waals surface area contributed by atoms with Crippen LogP contribution in [0.15, 0.2) is 30.3 Å². The molecule has 2 N–H and O–H groups in total. The van der Waals surface area contributed by atoms with Crippen LogP contribution >= 0.6 is 0 Å². The van der Waals surface area contributed by atoms with Crippen LogP contribution < -0.4 is 15.5 Å². The number of rotatable bonds is 5. The molecule has 0 radical (unpaired) electrons. The largest absolute Gasteiger partial charge is 0.373 e. The van der Waals surface area contributed by atoms with Crippen molar-refractivity contribution in [3.8, 4) is 0 Å². The van der Waals surface area contributed by atoms with Crippen molar-refractivity contribution in [2.24, 2.45) is 17.8 Å². The van der Waals surface area contributed by atoms with E-state index in [1.165, 1.54) is 44.2 Å². The van der Waals surface area contributed by atoms with Crippen molar-refractivity contribution in [1.82, 2.24) is 10.6 Å². The summed E-state index contributed by atoms with van der Waals surface area (Å²) in [6, 6.07) is 10.3. The number of urea groups is 1. The zero-order chi connectivity index (χ0) is 16.6. The summed E-state index contributed by atoms with van der Waals surface area (Å²) in [5.41, 5.74) is 1.28. The molecule has 1 aromatic carbocycles. The summed E-state index contributed by atoms with van der Waals surface area (Å²) < 4.78 is 0. The van der Waals surface area contributed by atoms with Gasteiger partial charge in [-0.15, -0.1) is 0 Å². The Labute approximate surface area is 145 Å². The Hall–Kier alpha value is -1.71. The second-order valence-electron chi connectivity index (χ2n) is 8.34. The van der Waals surface area contributed by atoms with Crippen molar-refractivity contribution < 1.29 is 4.79 Å². The van der Waals surface area contributed by atoms with Crippen LogP contribution in [-0.2, 0) is 0 Å². The van der Waals surface area contributed by atoms with Crippen LogP contribution in [0.25, 0.3) is 0 Å². The summed E-state index contributed by atoms with van der Waals surface area (Å²) >= 11 is 0. The van der Waals surface area contributed by atoms with E-state index in [0.717, 1.165) is 24.3 Å².